The predicted molar refractivity (Wildman–Crippen MR) is 106 cm³/mol. The van der Waals surface area contributed by atoms with E-state index in [4.69, 9.17) is 4.74 Å². The molecular formula is C21H25N3O2. The molecule has 0 radical (unpaired) electrons. The van der Waals surface area contributed by atoms with Gasteiger partial charge in [0.15, 0.2) is 0 Å². The molecule has 0 bridgehead atoms. The summed E-state index contributed by atoms with van der Waals surface area (Å²) in [5.41, 5.74) is 5.76. The summed E-state index contributed by atoms with van der Waals surface area (Å²) in [7, 11) is 2.02. The number of likely N-dealkylation sites (N-methyl/N-ethyl adjacent to an activating group) is 1. The number of aryl methyl sites for hydroxylation is 1. The number of hydrogen-bond acceptors (Lipinski definition) is 4. The third kappa shape index (κ3) is 2.87. The second kappa shape index (κ2) is 6.56. The van der Waals surface area contributed by atoms with Crippen LogP contribution < -0.4 is 20.3 Å². The zero-order chi connectivity index (χ0) is 18.3. The van der Waals surface area contributed by atoms with Gasteiger partial charge >= 0.3 is 0 Å². The van der Waals surface area contributed by atoms with E-state index in [9.17, 15) is 4.79 Å². The van der Waals surface area contributed by atoms with Crippen molar-refractivity contribution in [3.8, 4) is 5.75 Å². The number of ether oxygens (including phenoxy) is 1. The third-order valence-corrected chi connectivity index (χ3v) is 5.28. The molecule has 1 amide bonds. The van der Waals surface area contributed by atoms with E-state index in [-0.39, 0.29) is 5.91 Å². The maximum atomic E-state index is 13.1. The number of rotatable bonds is 2. The van der Waals surface area contributed by atoms with Crippen LogP contribution in [0.2, 0.25) is 0 Å². The van der Waals surface area contributed by atoms with Crippen LogP contribution >= 0.6 is 0 Å². The van der Waals surface area contributed by atoms with Crippen molar-refractivity contribution in [2.75, 3.05) is 42.3 Å². The van der Waals surface area contributed by atoms with E-state index in [1.807, 2.05) is 38.2 Å². The molecule has 0 spiro atoms. The number of para-hydroxylation sites is 1. The SMILES string of the molecule is Cc1cc(C(=O)Nc2cccc3c2N(C)CCO3)c2c(c1)C(C)CCN2. The van der Waals surface area contributed by atoms with Gasteiger partial charge in [0.05, 0.1) is 23.5 Å². The van der Waals surface area contributed by atoms with Crippen LogP contribution in [0, 0.1) is 6.92 Å². The van der Waals surface area contributed by atoms with Crippen molar-refractivity contribution in [2.45, 2.75) is 26.2 Å². The average Bonchev–Trinajstić information content (AvgIpc) is 2.62. The average molecular weight is 351 g/mol. The summed E-state index contributed by atoms with van der Waals surface area (Å²) < 4.78 is 5.74. The Balaban J connectivity index is 1.71. The Hall–Kier alpha value is -2.69. The zero-order valence-corrected chi connectivity index (χ0v) is 15.6. The van der Waals surface area contributed by atoms with Gasteiger partial charge in [-0.1, -0.05) is 19.1 Å². The first-order valence-corrected chi connectivity index (χ1v) is 9.21. The third-order valence-electron chi connectivity index (χ3n) is 5.28. The number of nitrogens with zero attached hydrogens (tertiary/aromatic N) is 1. The van der Waals surface area contributed by atoms with Crippen LogP contribution in [0.1, 0.15) is 40.7 Å². The molecular weight excluding hydrogens is 326 g/mol. The van der Waals surface area contributed by atoms with Gasteiger partial charge in [-0.05, 0) is 48.6 Å². The van der Waals surface area contributed by atoms with Crippen LogP contribution in [0.15, 0.2) is 30.3 Å². The molecule has 2 aliphatic heterocycles. The van der Waals surface area contributed by atoms with E-state index in [0.717, 1.165) is 47.9 Å². The maximum absolute atomic E-state index is 13.1. The molecule has 2 aromatic carbocycles. The Morgan fingerprint density at radius 2 is 2.19 bits per heavy atom. The van der Waals surface area contributed by atoms with Gasteiger partial charge in [-0.2, -0.15) is 0 Å². The smallest absolute Gasteiger partial charge is 0.257 e. The molecule has 2 aromatic rings. The Morgan fingerprint density at radius 3 is 3.04 bits per heavy atom. The van der Waals surface area contributed by atoms with Crippen LogP contribution in [-0.4, -0.2) is 32.7 Å². The van der Waals surface area contributed by atoms with Crippen molar-refractivity contribution in [3.05, 3.63) is 47.0 Å². The Morgan fingerprint density at radius 1 is 1.35 bits per heavy atom. The number of hydrogen-bond donors (Lipinski definition) is 2. The Labute approximate surface area is 154 Å². The van der Waals surface area contributed by atoms with Gasteiger partial charge in [-0.25, -0.2) is 0 Å². The molecule has 26 heavy (non-hydrogen) atoms. The molecule has 0 saturated carbocycles. The molecule has 1 unspecified atom stereocenters. The number of nitrogens with one attached hydrogen (secondary N) is 2. The summed E-state index contributed by atoms with van der Waals surface area (Å²) in [4.78, 5) is 15.3. The minimum atomic E-state index is -0.0843. The van der Waals surface area contributed by atoms with Crippen molar-refractivity contribution < 1.29 is 9.53 Å². The van der Waals surface area contributed by atoms with Crippen molar-refractivity contribution in [2.24, 2.45) is 0 Å². The monoisotopic (exact) mass is 351 g/mol. The quantitative estimate of drug-likeness (QED) is 0.859. The summed E-state index contributed by atoms with van der Waals surface area (Å²) in [6.07, 6.45) is 1.09. The van der Waals surface area contributed by atoms with Gasteiger partial charge in [0.2, 0.25) is 0 Å². The first-order valence-electron chi connectivity index (χ1n) is 9.21. The Kier molecular flexibility index (Phi) is 4.23. The summed E-state index contributed by atoms with van der Waals surface area (Å²) in [5, 5.41) is 6.54. The highest BCUT2D eigenvalue weighted by Gasteiger charge is 2.24. The highest BCUT2D eigenvalue weighted by molar-refractivity contribution is 6.10. The molecule has 4 rings (SSSR count). The maximum Gasteiger partial charge on any atom is 0.257 e. The highest BCUT2D eigenvalue weighted by Crippen LogP contribution is 2.39. The van der Waals surface area contributed by atoms with E-state index >= 15 is 0 Å². The molecule has 0 saturated heterocycles. The van der Waals surface area contributed by atoms with Gasteiger partial charge < -0.3 is 20.3 Å². The number of carbonyl (C=O) groups excluding carboxylic acids is 1. The number of amides is 1. The number of benzene rings is 2. The van der Waals surface area contributed by atoms with Crippen LogP contribution in [0.3, 0.4) is 0 Å². The molecule has 1 atom stereocenters. The molecule has 5 heteroatoms. The van der Waals surface area contributed by atoms with E-state index in [1.165, 1.54) is 5.56 Å². The summed E-state index contributed by atoms with van der Waals surface area (Å²) in [6, 6.07) is 9.95. The van der Waals surface area contributed by atoms with Gasteiger partial charge in [0, 0.05) is 13.6 Å². The van der Waals surface area contributed by atoms with Crippen molar-refractivity contribution in [1.29, 1.82) is 0 Å². The predicted octanol–water partition coefficient (Wildman–Crippen LogP) is 4.00. The molecule has 0 aromatic heterocycles. The van der Waals surface area contributed by atoms with Crippen LogP contribution in [0.5, 0.6) is 5.75 Å². The summed E-state index contributed by atoms with van der Waals surface area (Å²) in [6.45, 7) is 6.63. The first kappa shape index (κ1) is 16.8. The second-order valence-corrected chi connectivity index (χ2v) is 7.27. The number of carbonyl (C=O) groups is 1. The van der Waals surface area contributed by atoms with E-state index < -0.39 is 0 Å². The van der Waals surface area contributed by atoms with Crippen LogP contribution in [-0.2, 0) is 0 Å². The molecule has 2 N–H and O–H groups in total. The van der Waals surface area contributed by atoms with E-state index in [1.54, 1.807) is 0 Å². The fraction of sp³-hybridized carbons (Fsp3) is 0.381. The summed E-state index contributed by atoms with van der Waals surface area (Å²) >= 11 is 0. The normalized spacial score (nSPS) is 18.3. The van der Waals surface area contributed by atoms with Gasteiger partial charge in [0.1, 0.15) is 18.0 Å². The molecule has 2 heterocycles. The van der Waals surface area contributed by atoms with Gasteiger partial charge in [0.25, 0.3) is 5.91 Å². The minimum absolute atomic E-state index is 0.0843. The molecule has 5 nitrogen and oxygen atoms in total. The Bertz CT molecular complexity index is 863. The lowest BCUT2D eigenvalue weighted by atomic mass is 9.89. The topological polar surface area (TPSA) is 53.6 Å². The summed E-state index contributed by atoms with van der Waals surface area (Å²) in [5.74, 6) is 1.19. The lowest BCUT2D eigenvalue weighted by molar-refractivity contribution is 0.102. The molecule has 136 valence electrons. The molecule has 0 fully saturated rings. The fourth-order valence-electron chi connectivity index (χ4n) is 3.88. The standard InChI is InChI=1S/C21H25N3O2/c1-13-11-15-14(2)7-8-22-19(15)16(12-13)21(25)23-17-5-4-6-18-20(17)24(3)9-10-26-18/h4-6,11-12,14,22H,7-10H2,1-3H3,(H,23,25). The highest BCUT2D eigenvalue weighted by atomic mass is 16.5. The van der Waals surface area contributed by atoms with Crippen molar-refractivity contribution in [1.82, 2.24) is 0 Å². The first-order chi connectivity index (χ1) is 12.5. The number of anilines is 3. The van der Waals surface area contributed by atoms with Gasteiger partial charge in [-0.15, -0.1) is 0 Å². The van der Waals surface area contributed by atoms with Crippen molar-refractivity contribution >= 4 is 23.0 Å². The lowest BCUT2D eigenvalue weighted by Gasteiger charge is -2.30. The van der Waals surface area contributed by atoms with Gasteiger partial charge in [-0.3, -0.25) is 4.79 Å². The number of fused-ring (bicyclic) bond motifs is 2. The largest absolute Gasteiger partial charge is 0.489 e. The lowest BCUT2D eigenvalue weighted by Crippen LogP contribution is -2.30. The van der Waals surface area contributed by atoms with Crippen LogP contribution in [0.25, 0.3) is 0 Å². The second-order valence-electron chi connectivity index (χ2n) is 7.27. The van der Waals surface area contributed by atoms with E-state index in [2.05, 4.69) is 28.5 Å². The molecule has 2 aliphatic rings. The van der Waals surface area contributed by atoms with Crippen LogP contribution in [0.4, 0.5) is 17.1 Å². The van der Waals surface area contributed by atoms with E-state index in [0.29, 0.717) is 18.1 Å². The molecule has 0 aliphatic carbocycles. The zero-order valence-electron chi connectivity index (χ0n) is 15.6. The minimum Gasteiger partial charge on any atom is -0.489 e. The fourth-order valence-corrected chi connectivity index (χ4v) is 3.88. The van der Waals surface area contributed by atoms with Crippen molar-refractivity contribution in [3.63, 3.8) is 0 Å².